The Balaban J connectivity index is 1.79. The number of nitrogen functional groups attached to an aromatic ring is 1. The molecule has 2 heterocycles. The summed E-state index contributed by atoms with van der Waals surface area (Å²) in [5, 5.41) is 0. The first-order valence-electron chi connectivity index (χ1n) is 10.5. The second kappa shape index (κ2) is 9.24. The van der Waals surface area contributed by atoms with Gasteiger partial charge in [-0.15, -0.1) is 0 Å². The van der Waals surface area contributed by atoms with Crippen molar-refractivity contribution in [2.75, 3.05) is 12.3 Å². The van der Waals surface area contributed by atoms with E-state index < -0.39 is 0 Å². The predicted molar refractivity (Wildman–Crippen MR) is 108 cm³/mol. The minimum atomic E-state index is -0.161. The molecule has 3 rings (SSSR count). The quantitative estimate of drug-likeness (QED) is 0.539. The van der Waals surface area contributed by atoms with Crippen molar-refractivity contribution in [2.45, 2.75) is 78.2 Å². The first kappa shape index (κ1) is 19.7. The third-order valence-corrected chi connectivity index (χ3v) is 5.70. The Morgan fingerprint density at radius 2 is 1.93 bits per heavy atom. The van der Waals surface area contributed by atoms with Crippen molar-refractivity contribution >= 4 is 17.0 Å². The number of fused-ring (bicyclic) bond motifs is 1. The van der Waals surface area contributed by atoms with Gasteiger partial charge in [0, 0.05) is 6.54 Å². The molecular formula is C20H33N5O2. The zero-order valence-electron chi connectivity index (χ0n) is 16.7. The lowest BCUT2D eigenvalue weighted by Crippen LogP contribution is -2.22. The summed E-state index contributed by atoms with van der Waals surface area (Å²) >= 11 is 0. The van der Waals surface area contributed by atoms with Crippen LogP contribution in [0, 0.1) is 11.8 Å². The number of rotatable bonds is 8. The van der Waals surface area contributed by atoms with Crippen molar-refractivity contribution in [1.29, 1.82) is 0 Å². The standard InChI is InChI=1S/C20H33N5O2/c1-3-5-12-27-19-23-17(21)16-18(24-19)25(20(26)22-16)13-15-9-6-8-14(7-4-2)10-11-15/h14-15H,3-13H2,1-2H3,(H,22,26)(H2,21,23,24). The molecule has 0 radical (unpaired) electrons. The zero-order chi connectivity index (χ0) is 19.2. The van der Waals surface area contributed by atoms with E-state index in [1.807, 2.05) is 0 Å². The van der Waals surface area contributed by atoms with Gasteiger partial charge in [0.2, 0.25) is 0 Å². The van der Waals surface area contributed by atoms with Crippen LogP contribution < -0.4 is 16.2 Å². The molecule has 1 aliphatic carbocycles. The van der Waals surface area contributed by atoms with Crippen molar-refractivity contribution in [2.24, 2.45) is 11.8 Å². The summed E-state index contributed by atoms with van der Waals surface area (Å²) in [4.78, 5) is 24.0. The molecule has 0 amide bonds. The summed E-state index contributed by atoms with van der Waals surface area (Å²) in [5.41, 5.74) is 6.96. The SMILES string of the molecule is CCCCOc1nc(N)c2[nH]c(=O)n(CC3CCCC(CCC)CC3)c2n1. The maximum absolute atomic E-state index is 12.5. The fourth-order valence-electron chi connectivity index (χ4n) is 4.17. The highest BCUT2D eigenvalue weighted by molar-refractivity contribution is 5.81. The Hall–Kier alpha value is -2.05. The van der Waals surface area contributed by atoms with Gasteiger partial charge in [-0.05, 0) is 31.1 Å². The van der Waals surface area contributed by atoms with Gasteiger partial charge in [0.1, 0.15) is 5.52 Å². The highest BCUT2D eigenvalue weighted by Gasteiger charge is 2.22. The van der Waals surface area contributed by atoms with Crippen LogP contribution in [0.15, 0.2) is 4.79 Å². The molecule has 2 atom stereocenters. The van der Waals surface area contributed by atoms with Crippen LogP contribution >= 0.6 is 0 Å². The lowest BCUT2D eigenvalue weighted by Gasteiger charge is -2.15. The lowest BCUT2D eigenvalue weighted by molar-refractivity contribution is 0.286. The van der Waals surface area contributed by atoms with Gasteiger partial charge in [-0.1, -0.05) is 52.4 Å². The minimum Gasteiger partial charge on any atom is -0.463 e. The van der Waals surface area contributed by atoms with Crippen LogP contribution in [0.5, 0.6) is 6.01 Å². The number of imidazole rings is 1. The van der Waals surface area contributed by atoms with E-state index in [0.717, 1.165) is 18.8 Å². The third-order valence-electron chi connectivity index (χ3n) is 5.70. The van der Waals surface area contributed by atoms with Crippen LogP contribution in [0.3, 0.4) is 0 Å². The predicted octanol–water partition coefficient (Wildman–Crippen LogP) is 3.88. The highest BCUT2D eigenvalue weighted by Crippen LogP contribution is 2.31. The molecule has 3 N–H and O–H groups in total. The van der Waals surface area contributed by atoms with Crippen molar-refractivity contribution in [3.05, 3.63) is 10.5 Å². The minimum absolute atomic E-state index is 0.161. The smallest absolute Gasteiger partial charge is 0.327 e. The molecule has 2 unspecified atom stereocenters. The van der Waals surface area contributed by atoms with E-state index in [1.54, 1.807) is 4.57 Å². The number of ether oxygens (including phenoxy) is 1. The largest absolute Gasteiger partial charge is 0.463 e. The molecule has 1 aliphatic rings. The summed E-state index contributed by atoms with van der Waals surface area (Å²) < 4.78 is 7.35. The average molecular weight is 376 g/mol. The molecule has 7 heteroatoms. The van der Waals surface area contributed by atoms with Crippen molar-refractivity contribution in [3.63, 3.8) is 0 Å². The Kier molecular flexibility index (Phi) is 6.74. The Labute approximate surface area is 160 Å². The number of nitrogens with zero attached hydrogens (tertiary/aromatic N) is 3. The number of aromatic amines is 1. The van der Waals surface area contributed by atoms with Crippen LogP contribution in [0.2, 0.25) is 0 Å². The molecule has 1 saturated carbocycles. The van der Waals surface area contributed by atoms with Crippen LogP contribution in [0.25, 0.3) is 11.2 Å². The molecule has 27 heavy (non-hydrogen) atoms. The van der Waals surface area contributed by atoms with Gasteiger partial charge in [-0.2, -0.15) is 9.97 Å². The van der Waals surface area contributed by atoms with Gasteiger partial charge in [0.05, 0.1) is 6.61 Å². The molecule has 0 aliphatic heterocycles. The van der Waals surface area contributed by atoms with Crippen molar-refractivity contribution in [1.82, 2.24) is 19.5 Å². The van der Waals surface area contributed by atoms with Gasteiger partial charge >= 0.3 is 11.7 Å². The molecule has 0 saturated heterocycles. The van der Waals surface area contributed by atoms with E-state index >= 15 is 0 Å². The maximum Gasteiger partial charge on any atom is 0.327 e. The number of H-pyrrole nitrogens is 1. The van der Waals surface area contributed by atoms with E-state index in [9.17, 15) is 4.79 Å². The summed E-state index contributed by atoms with van der Waals surface area (Å²) in [6, 6.07) is 0.255. The second-order valence-electron chi connectivity index (χ2n) is 7.86. The molecule has 150 valence electrons. The first-order valence-corrected chi connectivity index (χ1v) is 10.5. The van der Waals surface area contributed by atoms with Crippen molar-refractivity contribution < 1.29 is 4.74 Å². The molecule has 0 bridgehead atoms. The van der Waals surface area contributed by atoms with E-state index in [-0.39, 0.29) is 17.5 Å². The molecule has 0 aromatic carbocycles. The maximum atomic E-state index is 12.5. The van der Waals surface area contributed by atoms with Crippen LogP contribution in [0.4, 0.5) is 5.82 Å². The van der Waals surface area contributed by atoms with Gasteiger partial charge in [-0.25, -0.2) is 4.79 Å². The van der Waals surface area contributed by atoms with Crippen molar-refractivity contribution in [3.8, 4) is 6.01 Å². The fraction of sp³-hybridized carbons (Fsp3) is 0.750. The summed E-state index contributed by atoms with van der Waals surface area (Å²) in [6.07, 6.45) is 10.7. The summed E-state index contributed by atoms with van der Waals surface area (Å²) in [5.74, 6) is 1.62. The number of nitrogens with one attached hydrogen (secondary N) is 1. The zero-order valence-corrected chi connectivity index (χ0v) is 16.7. The topological polar surface area (TPSA) is 98.8 Å². The van der Waals surface area contributed by atoms with E-state index in [1.165, 1.54) is 44.9 Å². The molecule has 1 fully saturated rings. The van der Waals surface area contributed by atoms with E-state index in [2.05, 4.69) is 28.8 Å². The second-order valence-corrected chi connectivity index (χ2v) is 7.86. The van der Waals surface area contributed by atoms with Gasteiger partial charge in [-0.3, -0.25) is 4.57 Å². The number of aromatic nitrogens is 4. The number of nitrogens with two attached hydrogens (primary N) is 1. The Morgan fingerprint density at radius 3 is 2.70 bits per heavy atom. The molecule has 0 spiro atoms. The fourth-order valence-corrected chi connectivity index (χ4v) is 4.17. The Bertz CT molecular complexity index is 798. The van der Waals surface area contributed by atoms with Crippen LogP contribution in [-0.2, 0) is 6.54 Å². The molecule has 2 aromatic rings. The number of unbranched alkanes of at least 4 members (excludes halogenated alkanes) is 1. The van der Waals surface area contributed by atoms with E-state index in [4.69, 9.17) is 10.5 Å². The number of anilines is 1. The van der Waals surface area contributed by atoms with Gasteiger partial charge < -0.3 is 15.5 Å². The van der Waals surface area contributed by atoms with E-state index in [0.29, 0.717) is 30.2 Å². The normalized spacial score (nSPS) is 20.7. The summed E-state index contributed by atoms with van der Waals surface area (Å²) in [7, 11) is 0. The van der Waals surface area contributed by atoms with Crippen LogP contribution in [0.1, 0.15) is 71.6 Å². The Morgan fingerprint density at radius 1 is 1.15 bits per heavy atom. The van der Waals surface area contributed by atoms with Crippen LogP contribution in [-0.4, -0.2) is 26.1 Å². The summed E-state index contributed by atoms with van der Waals surface area (Å²) in [6.45, 7) is 5.60. The molecule has 7 nitrogen and oxygen atoms in total. The monoisotopic (exact) mass is 375 g/mol. The molecule has 2 aromatic heterocycles. The molecular weight excluding hydrogens is 342 g/mol. The average Bonchev–Trinajstić information content (AvgIpc) is 2.81. The first-order chi connectivity index (χ1) is 13.1. The van der Waals surface area contributed by atoms with Gasteiger partial charge in [0.15, 0.2) is 11.5 Å². The lowest BCUT2D eigenvalue weighted by atomic mass is 9.94. The van der Waals surface area contributed by atoms with Gasteiger partial charge in [0.25, 0.3) is 0 Å². The third kappa shape index (κ3) is 4.82. The number of hydrogen-bond donors (Lipinski definition) is 2. The highest BCUT2D eigenvalue weighted by atomic mass is 16.5. The number of hydrogen-bond acceptors (Lipinski definition) is 5.